The average molecular weight is 406 g/mol. The average Bonchev–Trinajstić information content (AvgIpc) is 2.70. The Hall–Kier alpha value is -3.76. The number of nitrogens with one attached hydrogen (secondary N) is 1. The number of nitriles is 1. The number of benzene rings is 1. The molecule has 0 saturated heterocycles. The Morgan fingerprint density at radius 2 is 1.90 bits per heavy atom. The van der Waals surface area contributed by atoms with Crippen LogP contribution in [0.25, 0.3) is 0 Å². The van der Waals surface area contributed by atoms with E-state index in [0.29, 0.717) is 27.8 Å². The van der Waals surface area contributed by atoms with Gasteiger partial charge >= 0.3 is 0 Å². The van der Waals surface area contributed by atoms with Gasteiger partial charge in [-0.15, -0.1) is 0 Å². The zero-order valence-electron chi connectivity index (χ0n) is 15.5. The van der Waals surface area contributed by atoms with Crippen LogP contribution in [0.5, 0.6) is 0 Å². The molecule has 0 radical (unpaired) electrons. The maximum Gasteiger partial charge on any atom is 0.229 e. The fourth-order valence-electron chi connectivity index (χ4n) is 2.73. The van der Waals surface area contributed by atoms with E-state index >= 15 is 0 Å². The number of rotatable bonds is 5. The summed E-state index contributed by atoms with van der Waals surface area (Å²) in [5, 5.41) is 12.4. The van der Waals surface area contributed by atoms with Gasteiger partial charge in [0.05, 0.1) is 12.1 Å². The molecule has 2 amide bonds. The normalized spacial score (nSPS) is 10.1. The summed E-state index contributed by atoms with van der Waals surface area (Å²) < 4.78 is 0. The van der Waals surface area contributed by atoms with Crippen molar-refractivity contribution >= 4 is 40.6 Å². The molecule has 0 aliphatic heterocycles. The van der Waals surface area contributed by atoms with Crippen LogP contribution in [0.4, 0.5) is 17.2 Å². The number of halogens is 1. The molecule has 0 aliphatic carbocycles. The summed E-state index contributed by atoms with van der Waals surface area (Å²) in [4.78, 5) is 34.1. The van der Waals surface area contributed by atoms with E-state index in [9.17, 15) is 9.59 Å². The Morgan fingerprint density at radius 3 is 2.62 bits per heavy atom. The molecule has 0 atom stereocenters. The summed E-state index contributed by atoms with van der Waals surface area (Å²) in [6.07, 6.45) is 3.05. The van der Waals surface area contributed by atoms with E-state index in [0.717, 1.165) is 0 Å². The number of amides is 2. The van der Waals surface area contributed by atoms with Crippen molar-refractivity contribution in [1.82, 2.24) is 9.97 Å². The van der Waals surface area contributed by atoms with Gasteiger partial charge in [0.1, 0.15) is 17.6 Å². The minimum atomic E-state index is -0.299. The zero-order chi connectivity index (χ0) is 20.8. The smallest absolute Gasteiger partial charge is 0.229 e. The summed E-state index contributed by atoms with van der Waals surface area (Å²) in [5.74, 6) is -0.240. The quantitative estimate of drug-likeness (QED) is 0.694. The zero-order valence-corrected chi connectivity index (χ0v) is 16.2. The fraction of sp³-hybridized carbons (Fsp3) is 0.0952. The van der Waals surface area contributed by atoms with Crippen LogP contribution in [0.3, 0.4) is 0 Å². The minimum Gasteiger partial charge on any atom is -0.326 e. The second kappa shape index (κ2) is 8.95. The maximum absolute atomic E-state index is 12.4. The molecule has 0 fully saturated rings. The van der Waals surface area contributed by atoms with E-state index in [1.54, 1.807) is 36.4 Å². The van der Waals surface area contributed by atoms with Crippen molar-refractivity contribution in [3.63, 3.8) is 0 Å². The van der Waals surface area contributed by atoms with E-state index in [1.807, 2.05) is 12.1 Å². The Bertz CT molecular complexity index is 1110. The lowest BCUT2D eigenvalue weighted by Crippen LogP contribution is -2.24. The summed E-state index contributed by atoms with van der Waals surface area (Å²) in [7, 11) is 0. The summed E-state index contributed by atoms with van der Waals surface area (Å²) in [6, 6.07) is 15.4. The number of anilines is 3. The predicted molar refractivity (Wildman–Crippen MR) is 110 cm³/mol. The van der Waals surface area contributed by atoms with Crippen molar-refractivity contribution in [2.75, 3.05) is 10.2 Å². The Labute approximate surface area is 172 Å². The highest BCUT2D eigenvalue weighted by atomic mass is 35.5. The number of carbonyl (C=O) groups excluding carboxylic acids is 2. The van der Waals surface area contributed by atoms with Crippen LogP contribution in [-0.2, 0) is 16.0 Å². The number of carbonyl (C=O) groups is 2. The molecule has 2 heterocycles. The molecule has 0 unspecified atom stereocenters. The van der Waals surface area contributed by atoms with E-state index in [1.165, 1.54) is 30.3 Å². The van der Waals surface area contributed by atoms with Crippen molar-refractivity contribution in [3.05, 3.63) is 77.2 Å². The van der Waals surface area contributed by atoms with Gasteiger partial charge in [-0.2, -0.15) is 5.26 Å². The number of hydrogen-bond acceptors (Lipinski definition) is 5. The second-order valence-electron chi connectivity index (χ2n) is 6.08. The van der Waals surface area contributed by atoms with Gasteiger partial charge in [-0.05, 0) is 29.8 Å². The van der Waals surface area contributed by atoms with Crippen LogP contribution in [0.2, 0.25) is 5.02 Å². The van der Waals surface area contributed by atoms with Gasteiger partial charge < -0.3 is 5.32 Å². The lowest BCUT2D eigenvalue weighted by molar-refractivity contribution is -0.116. The molecule has 3 aromatic rings. The molecule has 0 saturated carbocycles. The molecule has 2 aromatic heterocycles. The number of hydrogen-bond donors (Lipinski definition) is 1. The van der Waals surface area contributed by atoms with E-state index in [-0.39, 0.29) is 23.9 Å². The van der Waals surface area contributed by atoms with Gasteiger partial charge in [-0.1, -0.05) is 29.8 Å². The third-order valence-electron chi connectivity index (χ3n) is 4.00. The second-order valence-corrected chi connectivity index (χ2v) is 6.49. The molecule has 3 rings (SSSR count). The van der Waals surface area contributed by atoms with Crippen molar-refractivity contribution in [1.29, 1.82) is 5.26 Å². The lowest BCUT2D eigenvalue weighted by Gasteiger charge is -2.20. The van der Waals surface area contributed by atoms with Gasteiger partial charge in [0.15, 0.2) is 0 Å². The number of pyridine rings is 2. The van der Waals surface area contributed by atoms with Gasteiger partial charge in [0.25, 0.3) is 0 Å². The van der Waals surface area contributed by atoms with Gasteiger partial charge in [-0.3, -0.25) is 14.5 Å². The van der Waals surface area contributed by atoms with Crippen molar-refractivity contribution in [3.8, 4) is 6.07 Å². The highest BCUT2D eigenvalue weighted by Crippen LogP contribution is 2.26. The lowest BCUT2D eigenvalue weighted by atomic mass is 10.1. The first-order valence-electron chi connectivity index (χ1n) is 8.64. The van der Waals surface area contributed by atoms with Crippen LogP contribution in [0, 0.1) is 11.3 Å². The molecule has 29 heavy (non-hydrogen) atoms. The van der Waals surface area contributed by atoms with Crippen LogP contribution in [-0.4, -0.2) is 21.8 Å². The molecule has 8 heteroatoms. The maximum atomic E-state index is 12.4. The molecular formula is C21H16ClN5O2. The molecule has 144 valence electrons. The molecule has 0 aliphatic rings. The van der Waals surface area contributed by atoms with Gasteiger partial charge in [0.2, 0.25) is 11.8 Å². The van der Waals surface area contributed by atoms with Crippen LogP contribution >= 0.6 is 11.6 Å². The van der Waals surface area contributed by atoms with Crippen molar-refractivity contribution in [2.45, 2.75) is 13.3 Å². The standard InChI is InChI=1S/C21H16ClN5O2/c1-14(28)27(18-7-9-24-17(11-18)13-23)20-12-16(6-8-25-20)26-21(29)10-15-4-2-3-5-19(15)22/h2-9,11-12H,10H2,1H3,(H,25,26,29). The predicted octanol–water partition coefficient (Wildman–Crippen LogP) is 3.87. The first kappa shape index (κ1) is 20.0. The van der Waals surface area contributed by atoms with Crippen LogP contribution < -0.4 is 10.2 Å². The van der Waals surface area contributed by atoms with Gasteiger partial charge in [0, 0.05) is 36.1 Å². The topological polar surface area (TPSA) is 99.0 Å². The molecule has 0 spiro atoms. The number of aromatic nitrogens is 2. The first-order valence-corrected chi connectivity index (χ1v) is 9.02. The highest BCUT2D eigenvalue weighted by Gasteiger charge is 2.17. The Morgan fingerprint density at radius 1 is 1.14 bits per heavy atom. The van der Waals surface area contributed by atoms with Crippen LogP contribution in [0.1, 0.15) is 18.2 Å². The summed E-state index contributed by atoms with van der Waals surface area (Å²) >= 11 is 6.10. The molecule has 1 N–H and O–H groups in total. The molecule has 0 bridgehead atoms. The molecule has 7 nitrogen and oxygen atoms in total. The highest BCUT2D eigenvalue weighted by molar-refractivity contribution is 6.31. The SMILES string of the molecule is CC(=O)N(c1ccnc(C#N)c1)c1cc(NC(=O)Cc2ccccc2Cl)ccn1. The van der Waals surface area contributed by atoms with Crippen LogP contribution in [0.15, 0.2) is 60.9 Å². The van der Waals surface area contributed by atoms with E-state index < -0.39 is 0 Å². The first-order chi connectivity index (χ1) is 14.0. The monoisotopic (exact) mass is 405 g/mol. The van der Waals surface area contributed by atoms with E-state index in [4.69, 9.17) is 16.9 Å². The fourth-order valence-corrected chi connectivity index (χ4v) is 2.94. The molecular weight excluding hydrogens is 390 g/mol. The third kappa shape index (κ3) is 4.94. The van der Waals surface area contributed by atoms with E-state index in [2.05, 4.69) is 15.3 Å². The van der Waals surface area contributed by atoms with Gasteiger partial charge in [-0.25, -0.2) is 9.97 Å². The third-order valence-corrected chi connectivity index (χ3v) is 4.37. The Kier molecular flexibility index (Phi) is 6.17. The summed E-state index contributed by atoms with van der Waals surface area (Å²) in [5.41, 5.74) is 1.83. The summed E-state index contributed by atoms with van der Waals surface area (Å²) in [6.45, 7) is 1.39. The largest absolute Gasteiger partial charge is 0.326 e. The Balaban J connectivity index is 1.83. The number of nitrogens with zero attached hydrogens (tertiary/aromatic N) is 4. The van der Waals surface area contributed by atoms with Crippen molar-refractivity contribution < 1.29 is 9.59 Å². The molecule has 1 aromatic carbocycles. The minimum absolute atomic E-state index is 0.115. The van der Waals surface area contributed by atoms with Crippen molar-refractivity contribution in [2.24, 2.45) is 0 Å².